The number of carbonyl (C=O) groups is 5. The smallest absolute Gasteiger partial charge is 0.328 e. The number of aliphatic hydroxyl groups excluding tert-OH is 1. The lowest BCUT2D eigenvalue weighted by molar-refractivity contribution is -0.145. The van der Waals surface area contributed by atoms with E-state index >= 15 is 0 Å². The molecule has 10 N–H and O–H groups in total. The topological polar surface area (TPSA) is 257 Å². The number of phenols is 1. The average molecular weight is 535 g/mol. The van der Waals surface area contributed by atoms with E-state index in [0.717, 1.165) is 0 Å². The number of nitrogens with zero attached hydrogens (tertiary/aromatic N) is 1. The molecule has 2 rings (SSSR count). The van der Waals surface area contributed by atoms with Gasteiger partial charge in [0.1, 0.15) is 17.8 Å². The van der Waals surface area contributed by atoms with Gasteiger partial charge in [0.05, 0.1) is 24.9 Å². The number of aliphatic hydroxyl groups is 1. The van der Waals surface area contributed by atoms with Crippen molar-refractivity contribution in [2.45, 2.75) is 56.5 Å². The number of nitrogens with one attached hydrogen (secondary N) is 4. The Morgan fingerprint density at radius 2 is 1.53 bits per heavy atom. The van der Waals surface area contributed by atoms with Gasteiger partial charge in [-0.1, -0.05) is 12.1 Å². The van der Waals surface area contributed by atoms with Crippen LogP contribution in [0.3, 0.4) is 0 Å². The van der Waals surface area contributed by atoms with E-state index in [0.29, 0.717) is 11.3 Å². The lowest BCUT2D eigenvalue weighted by Crippen LogP contribution is -2.59. The van der Waals surface area contributed by atoms with Crippen molar-refractivity contribution >= 4 is 29.7 Å². The summed E-state index contributed by atoms with van der Waals surface area (Å²) in [7, 11) is 0. The Bertz CT molecular complexity index is 1120. The third-order valence-corrected chi connectivity index (χ3v) is 5.40. The number of rotatable bonds is 14. The van der Waals surface area contributed by atoms with Crippen molar-refractivity contribution in [3.63, 3.8) is 0 Å². The molecule has 0 aliphatic heterocycles. The number of benzene rings is 1. The van der Waals surface area contributed by atoms with Crippen LogP contribution in [0.1, 0.15) is 24.6 Å². The highest BCUT2D eigenvalue weighted by Crippen LogP contribution is 2.12. The van der Waals surface area contributed by atoms with E-state index in [1.54, 1.807) is 0 Å². The highest BCUT2D eigenvalue weighted by Gasteiger charge is 2.32. The maximum absolute atomic E-state index is 13.3. The number of hydrogen-bond acceptors (Lipinski definition) is 9. The Hall–Kier alpha value is -4.50. The van der Waals surface area contributed by atoms with E-state index in [2.05, 4.69) is 25.9 Å². The molecule has 5 unspecified atom stereocenters. The summed E-state index contributed by atoms with van der Waals surface area (Å²) in [5, 5.41) is 44.5. The first-order valence-corrected chi connectivity index (χ1v) is 11.4. The molecule has 1 aromatic carbocycles. The van der Waals surface area contributed by atoms with Gasteiger partial charge in [-0.2, -0.15) is 0 Å². The van der Waals surface area contributed by atoms with Crippen molar-refractivity contribution in [3.8, 4) is 5.75 Å². The predicted octanol–water partition coefficient (Wildman–Crippen LogP) is -2.38. The molecule has 5 atom stereocenters. The van der Waals surface area contributed by atoms with Gasteiger partial charge >= 0.3 is 11.9 Å². The van der Waals surface area contributed by atoms with Crippen LogP contribution in [0.4, 0.5) is 0 Å². The molecular formula is C23H30N6O9. The van der Waals surface area contributed by atoms with Gasteiger partial charge in [0, 0.05) is 24.7 Å². The maximum Gasteiger partial charge on any atom is 0.328 e. The van der Waals surface area contributed by atoms with Crippen molar-refractivity contribution in [2.75, 3.05) is 0 Å². The Morgan fingerprint density at radius 3 is 2.05 bits per heavy atom. The largest absolute Gasteiger partial charge is 0.508 e. The van der Waals surface area contributed by atoms with Gasteiger partial charge in [0.2, 0.25) is 17.7 Å². The summed E-state index contributed by atoms with van der Waals surface area (Å²) < 4.78 is 0. The monoisotopic (exact) mass is 534 g/mol. The third kappa shape index (κ3) is 9.18. The quantitative estimate of drug-likeness (QED) is 0.124. The minimum atomic E-state index is -1.66. The second-order valence-corrected chi connectivity index (χ2v) is 8.54. The molecule has 15 nitrogen and oxygen atoms in total. The number of aromatic nitrogens is 2. The standard InChI is InChI=1S/C23H30N6O9/c1-11(30)19(23(37)38)29-22(36)17(7-13-9-25-10-26-13)28-21(35)16(6-12-2-4-14(31)5-3-12)27-20(34)15(24)8-18(32)33/h2-5,9-11,15-17,19,30-31H,6-8,24H2,1H3,(H,25,26)(H,27,34)(H,28,35)(H,29,36)(H,32,33)(H,37,38). The van der Waals surface area contributed by atoms with E-state index in [-0.39, 0.29) is 18.6 Å². The van der Waals surface area contributed by atoms with Crippen LogP contribution >= 0.6 is 0 Å². The van der Waals surface area contributed by atoms with Crippen LogP contribution in [0.15, 0.2) is 36.8 Å². The number of aromatic amines is 1. The molecule has 38 heavy (non-hydrogen) atoms. The molecule has 3 amide bonds. The molecular weight excluding hydrogens is 504 g/mol. The number of nitrogens with two attached hydrogens (primary N) is 1. The summed E-state index contributed by atoms with van der Waals surface area (Å²) in [4.78, 5) is 67.7. The van der Waals surface area contributed by atoms with Gasteiger partial charge in [0.25, 0.3) is 0 Å². The molecule has 206 valence electrons. The SMILES string of the molecule is CC(O)C(NC(=O)C(Cc1cnc[nH]1)NC(=O)C(Cc1ccc(O)cc1)NC(=O)C(N)CC(=O)O)C(=O)O. The molecule has 0 saturated heterocycles. The van der Waals surface area contributed by atoms with Crippen molar-refractivity contribution < 1.29 is 44.4 Å². The average Bonchev–Trinajstić information content (AvgIpc) is 3.35. The van der Waals surface area contributed by atoms with Crippen LogP contribution in [0, 0.1) is 0 Å². The van der Waals surface area contributed by atoms with Crippen molar-refractivity contribution in [2.24, 2.45) is 5.73 Å². The molecule has 1 heterocycles. The zero-order valence-corrected chi connectivity index (χ0v) is 20.3. The fraction of sp³-hybridized carbons (Fsp3) is 0.391. The van der Waals surface area contributed by atoms with Crippen LogP contribution in [0.5, 0.6) is 5.75 Å². The van der Waals surface area contributed by atoms with Crippen LogP contribution < -0.4 is 21.7 Å². The van der Waals surface area contributed by atoms with Gasteiger partial charge in [0.15, 0.2) is 6.04 Å². The number of aromatic hydroxyl groups is 1. The maximum atomic E-state index is 13.3. The molecule has 0 bridgehead atoms. The molecule has 0 radical (unpaired) electrons. The molecule has 2 aromatic rings. The molecule has 0 spiro atoms. The summed E-state index contributed by atoms with van der Waals surface area (Å²) >= 11 is 0. The number of amides is 3. The van der Waals surface area contributed by atoms with E-state index in [1.165, 1.54) is 43.7 Å². The minimum absolute atomic E-state index is 0.0374. The number of phenolic OH excluding ortho intramolecular Hbond substituents is 1. The highest BCUT2D eigenvalue weighted by atomic mass is 16.4. The van der Waals surface area contributed by atoms with E-state index in [9.17, 15) is 39.3 Å². The lowest BCUT2D eigenvalue weighted by Gasteiger charge is -2.25. The van der Waals surface area contributed by atoms with Crippen LogP contribution in [-0.4, -0.2) is 90.3 Å². The van der Waals surface area contributed by atoms with Gasteiger partial charge in [-0.25, -0.2) is 9.78 Å². The van der Waals surface area contributed by atoms with Crippen LogP contribution in [-0.2, 0) is 36.8 Å². The first-order valence-electron chi connectivity index (χ1n) is 11.4. The Kier molecular flexibility index (Phi) is 10.7. The number of imidazole rings is 1. The predicted molar refractivity (Wildman–Crippen MR) is 129 cm³/mol. The van der Waals surface area contributed by atoms with Gasteiger partial charge < -0.3 is 47.1 Å². The number of carboxylic acids is 2. The van der Waals surface area contributed by atoms with E-state index in [4.69, 9.17) is 10.8 Å². The summed E-state index contributed by atoms with van der Waals surface area (Å²) in [5.41, 5.74) is 6.54. The Morgan fingerprint density at radius 1 is 0.947 bits per heavy atom. The van der Waals surface area contributed by atoms with Gasteiger partial charge in [-0.3, -0.25) is 19.2 Å². The normalized spacial score (nSPS) is 14.8. The highest BCUT2D eigenvalue weighted by molar-refractivity contribution is 5.95. The molecule has 0 aliphatic carbocycles. The van der Waals surface area contributed by atoms with Gasteiger partial charge in [-0.15, -0.1) is 0 Å². The number of carbonyl (C=O) groups excluding carboxylic acids is 3. The van der Waals surface area contributed by atoms with Crippen molar-refractivity contribution in [3.05, 3.63) is 48.0 Å². The molecule has 15 heteroatoms. The fourth-order valence-electron chi connectivity index (χ4n) is 3.38. The zero-order valence-electron chi connectivity index (χ0n) is 20.3. The molecule has 1 aromatic heterocycles. The van der Waals surface area contributed by atoms with E-state index in [1.807, 2.05) is 0 Å². The summed E-state index contributed by atoms with van der Waals surface area (Å²) in [6.07, 6.45) is 0.303. The second kappa shape index (κ2) is 13.7. The summed E-state index contributed by atoms with van der Waals surface area (Å²) in [6, 6.07) is -0.120. The van der Waals surface area contributed by atoms with Crippen LogP contribution in [0.25, 0.3) is 0 Å². The number of hydrogen-bond donors (Lipinski definition) is 9. The Balaban J connectivity index is 2.29. The van der Waals surface area contributed by atoms with Crippen LogP contribution in [0.2, 0.25) is 0 Å². The third-order valence-electron chi connectivity index (χ3n) is 5.40. The number of carboxylic acid groups (broad SMARTS) is 2. The molecule has 0 fully saturated rings. The van der Waals surface area contributed by atoms with Crippen molar-refractivity contribution in [1.29, 1.82) is 0 Å². The molecule has 0 aliphatic rings. The van der Waals surface area contributed by atoms with E-state index < -0.39 is 66.4 Å². The summed E-state index contributed by atoms with van der Waals surface area (Å²) in [6.45, 7) is 1.17. The number of H-pyrrole nitrogens is 1. The number of aliphatic carboxylic acids is 2. The van der Waals surface area contributed by atoms with Gasteiger partial charge in [-0.05, 0) is 24.6 Å². The first kappa shape index (κ1) is 29.7. The minimum Gasteiger partial charge on any atom is -0.508 e. The zero-order chi connectivity index (χ0) is 28.4. The first-order chi connectivity index (χ1) is 17.9. The fourth-order valence-corrected chi connectivity index (χ4v) is 3.38. The molecule has 0 saturated carbocycles. The second-order valence-electron chi connectivity index (χ2n) is 8.54. The summed E-state index contributed by atoms with van der Waals surface area (Å²) in [5.74, 6) is -5.58. The lowest BCUT2D eigenvalue weighted by atomic mass is 10.0. The Labute approximate surface area is 216 Å². The van der Waals surface area contributed by atoms with Crippen molar-refractivity contribution in [1.82, 2.24) is 25.9 Å².